The van der Waals surface area contributed by atoms with Crippen molar-refractivity contribution in [3.63, 3.8) is 0 Å². The number of hydrogen-bond donors (Lipinski definition) is 1. The Balaban J connectivity index is 2.19. The van der Waals surface area contributed by atoms with E-state index in [4.69, 9.17) is 0 Å². The van der Waals surface area contributed by atoms with Crippen LogP contribution in [-0.2, 0) is 11.2 Å². The van der Waals surface area contributed by atoms with Crippen molar-refractivity contribution >= 4 is 16.9 Å². The Kier molecular flexibility index (Phi) is 4.54. The van der Waals surface area contributed by atoms with Crippen LogP contribution in [0.2, 0.25) is 0 Å². The molecule has 1 N–H and O–H groups in total. The third kappa shape index (κ3) is 2.99. The van der Waals surface area contributed by atoms with Crippen LogP contribution < -0.4 is 10.2 Å². The van der Waals surface area contributed by atoms with Gasteiger partial charge in [0.25, 0.3) is 0 Å². The molecular formula is C14H18N2OS. The molecule has 0 aliphatic carbocycles. The highest BCUT2D eigenvalue weighted by Crippen LogP contribution is 2.20. The van der Waals surface area contributed by atoms with Crippen LogP contribution in [0.25, 0.3) is 0 Å². The molecule has 3 nitrogen and oxygen atoms in total. The SMILES string of the molecule is CC#C[C@H]1CNCCN1c1ccc([S+](C)[O-])cc1. The lowest BCUT2D eigenvalue weighted by molar-refractivity contribution is 0.538. The van der Waals surface area contributed by atoms with Crippen molar-refractivity contribution in [1.29, 1.82) is 0 Å². The van der Waals surface area contributed by atoms with Gasteiger partial charge in [-0.15, -0.1) is 5.92 Å². The van der Waals surface area contributed by atoms with E-state index in [1.807, 2.05) is 31.2 Å². The van der Waals surface area contributed by atoms with Crippen LogP contribution in [-0.4, -0.2) is 36.5 Å². The summed E-state index contributed by atoms with van der Waals surface area (Å²) >= 11 is -0.913. The molecule has 1 aliphatic rings. The fraction of sp³-hybridized carbons (Fsp3) is 0.429. The minimum atomic E-state index is -0.913. The highest BCUT2D eigenvalue weighted by atomic mass is 32.2. The van der Waals surface area contributed by atoms with E-state index in [-0.39, 0.29) is 6.04 Å². The summed E-state index contributed by atoms with van der Waals surface area (Å²) in [5.74, 6) is 6.21. The molecule has 0 aromatic heterocycles. The largest absolute Gasteiger partial charge is 0.612 e. The zero-order valence-electron chi connectivity index (χ0n) is 10.8. The molecule has 0 spiro atoms. The second-order valence-electron chi connectivity index (χ2n) is 4.26. The molecule has 18 heavy (non-hydrogen) atoms. The maximum Gasteiger partial charge on any atom is 0.152 e. The van der Waals surface area contributed by atoms with Gasteiger partial charge in [-0.2, -0.15) is 0 Å². The minimum absolute atomic E-state index is 0.224. The first-order valence-corrected chi connectivity index (χ1v) is 7.61. The van der Waals surface area contributed by atoms with Crippen LogP contribution in [0.5, 0.6) is 0 Å². The molecule has 1 heterocycles. The van der Waals surface area contributed by atoms with Gasteiger partial charge in [0.2, 0.25) is 0 Å². The standard InChI is InChI=1S/C14H18N2OS/c1-3-4-13-11-15-9-10-16(13)12-5-7-14(8-6-12)18(2)17/h5-8,13,15H,9-11H2,1-2H3/t13-,18?/m0/s1. The van der Waals surface area contributed by atoms with Gasteiger partial charge in [0.15, 0.2) is 4.90 Å². The third-order valence-electron chi connectivity index (χ3n) is 3.05. The molecule has 1 aromatic carbocycles. The second kappa shape index (κ2) is 6.14. The van der Waals surface area contributed by atoms with Crippen molar-refractivity contribution in [3.05, 3.63) is 24.3 Å². The average Bonchev–Trinajstić information content (AvgIpc) is 2.40. The fourth-order valence-electron chi connectivity index (χ4n) is 2.14. The quantitative estimate of drug-likeness (QED) is 0.643. The number of hydrogen-bond acceptors (Lipinski definition) is 3. The van der Waals surface area contributed by atoms with E-state index in [2.05, 4.69) is 22.1 Å². The van der Waals surface area contributed by atoms with Crippen molar-refractivity contribution in [2.24, 2.45) is 0 Å². The summed E-state index contributed by atoms with van der Waals surface area (Å²) in [5, 5.41) is 3.36. The Hall–Kier alpha value is -1.15. The minimum Gasteiger partial charge on any atom is -0.612 e. The van der Waals surface area contributed by atoms with Crippen LogP contribution in [0.1, 0.15) is 6.92 Å². The zero-order chi connectivity index (χ0) is 13.0. The Morgan fingerprint density at radius 2 is 2.11 bits per heavy atom. The maximum absolute atomic E-state index is 11.4. The van der Waals surface area contributed by atoms with Gasteiger partial charge in [0, 0.05) is 25.3 Å². The van der Waals surface area contributed by atoms with E-state index >= 15 is 0 Å². The lowest BCUT2D eigenvalue weighted by Crippen LogP contribution is -2.50. The highest BCUT2D eigenvalue weighted by molar-refractivity contribution is 7.90. The van der Waals surface area contributed by atoms with Gasteiger partial charge in [-0.25, -0.2) is 0 Å². The summed E-state index contributed by atoms with van der Waals surface area (Å²) in [6.07, 6.45) is 1.70. The smallest absolute Gasteiger partial charge is 0.152 e. The van der Waals surface area contributed by atoms with Gasteiger partial charge in [-0.3, -0.25) is 0 Å². The van der Waals surface area contributed by atoms with E-state index in [0.717, 1.165) is 30.2 Å². The topological polar surface area (TPSA) is 38.3 Å². The number of nitrogens with one attached hydrogen (secondary N) is 1. The predicted molar refractivity (Wildman–Crippen MR) is 76.2 cm³/mol. The monoisotopic (exact) mass is 262 g/mol. The Morgan fingerprint density at radius 1 is 1.39 bits per heavy atom. The van der Waals surface area contributed by atoms with Crippen LogP contribution in [0.15, 0.2) is 29.2 Å². The van der Waals surface area contributed by atoms with Gasteiger partial charge in [0.1, 0.15) is 12.3 Å². The van der Waals surface area contributed by atoms with Gasteiger partial charge in [-0.05, 0) is 42.4 Å². The summed E-state index contributed by atoms with van der Waals surface area (Å²) in [4.78, 5) is 3.17. The molecule has 1 unspecified atom stereocenters. The number of piperazine rings is 1. The van der Waals surface area contributed by atoms with Gasteiger partial charge >= 0.3 is 0 Å². The van der Waals surface area contributed by atoms with E-state index < -0.39 is 11.2 Å². The number of anilines is 1. The van der Waals surface area contributed by atoms with Crippen molar-refractivity contribution in [1.82, 2.24) is 5.32 Å². The van der Waals surface area contributed by atoms with Crippen LogP contribution in [0.3, 0.4) is 0 Å². The van der Waals surface area contributed by atoms with E-state index in [1.165, 1.54) is 0 Å². The Morgan fingerprint density at radius 3 is 2.72 bits per heavy atom. The molecule has 0 bridgehead atoms. The molecule has 0 amide bonds. The van der Waals surface area contributed by atoms with Gasteiger partial charge < -0.3 is 14.8 Å². The first-order valence-electron chi connectivity index (χ1n) is 6.05. The van der Waals surface area contributed by atoms with Crippen molar-refractivity contribution in [3.8, 4) is 11.8 Å². The van der Waals surface area contributed by atoms with Crippen LogP contribution in [0, 0.1) is 11.8 Å². The molecule has 4 heteroatoms. The molecule has 96 valence electrons. The first-order chi connectivity index (χ1) is 8.72. The van der Waals surface area contributed by atoms with E-state index in [0.29, 0.717) is 0 Å². The highest BCUT2D eigenvalue weighted by Gasteiger charge is 2.20. The average molecular weight is 262 g/mol. The van der Waals surface area contributed by atoms with Crippen LogP contribution >= 0.6 is 0 Å². The Bertz CT molecular complexity index is 447. The summed E-state index contributed by atoms with van der Waals surface area (Å²) in [5.41, 5.74) is 1.15. The molecular weight excluding hydrogens is 244 g/mol. The lowest BCUT2D eigenvalue weighted by Gasteiger charge is -2.35. The predicted octanol–water partition coefficient (Wildman–Crippen LogP) is 1.23. The fourth-order valence-corrected chi connectivity index (χ4v) is 2.66. The normalized spacial score (nSPS) is 21.1. The van der Waals surface area contributed by atoms with Gasteiger partial charge in [-0.1, -0.05) is 5.92 Å². The second-order valence-corrected chi connectivity index (χ2v) is 5.64. The van der Waals surface area contributed by atoms with Gasteiger partial charge in [0.05, 0.1) is 0 Å². The summed E-state index contributed by atoms with van der Waals surface area (Å²) in [6.45, 7) is 4.69. The molecule has 1 fully saturated rings. The third-order valence-corrected chi connectivity index (χ3v) is 3.99. The molecule has 2 rings (SSSR count). The molecule has 0 saturated carbocycles. The van der Waals surface area contributed by atoms with E-state index in [9.17, 15) is 4.55 Å². The zero-order valence-corrected chi connectivity index (χ0v) is 11.6. The summed E-state index contributed by atoms with van der Waals surface area (Å²) in [7, 11) is 0. The molecule has 2 atom stereocenters. The molecule has 1 saturated heterocycles. The summed E-state index contributed by atoms with van der Waals surface area (Å²) < 4.78 is 11.4. The van der Waals surface area contributed by atoms with E-state index in [1.54, 1.807) is 6.26 Å². The molecule has 1 aromatic rings. The lowest BCUT2D eigenvalue weighted by atomic mass is 10.1. The maximum atomic E-state index is 11.4. The summed E-state index contributed by atoms with van der Waals surface area (Å²) in [6, 6.07) is 8.16. The van der Waals surface area contributed by atoms with Crippen LogP contribution in [0.4, 0.5) is 5.69 Å². The number of benzene rings is 1. The first kappa shape index (κ1) is 13.3. The van der Waals surface area contributed by atoms with Crippen molar-refractivity contribution < 1.29 is 4.55 Å². The number of nitrogens with zero attached hydrogens (tertiary/aromatic N) is 1. The number of rotatable bonds is 2. The Labute approximate surface area is 112 Å². The molecule has 1 aliphatic heterocycles. The molecule has 0 radical (unpaired) electrons. The van der Waals surface area contributed by atoms with Crippen molar-refractivity contribution in [2.75, 3.05) is 30.8 Å². The van der Waals surface area contributed by atoms with Crippen molar-refractivity contribution in [2.45, 2.75) is 17.9 Å².